The number of nitrogens with zero attached hydrogens (tertiary/aromatic N) is 1. The van der Waals surface area contributed by atoms with Crippen LogP contribution >= 0.6 is 39.1 Å². The summed E-state index contributed by atoms with van der Waals surface area (Å²) in [4.78, 5) is 0. The van der Waals surface area contributed by atoms with Crippen molar-refractivity contribution < 1.29 is 4.52 Å². The van der Waals surface area contributed by atoms with E-state index < -0.39 is 0 Å². The molecule has 3 rings (SSSR count). The van der Waals surface area contributed by atoms with Crippen LogP contribution in [-0.2, 0) is 0 Å². The van der Waals surface area contributed by atoms with E-state index in [0.717, 1.165) is 15.6 Å². The first-order chi connectivity index (χ1) is 9.65. The number of hydrogen-bond acceptors (Lipinski definition) is 2. The third-order valence-corrected chi connectivity index (χ3v) is 3.99. The Morgan fingerprint density at radius 2 is 1.45 bits per heavy atom. The highest BCUT2D eigenvalue weighted by molar-refractivity contribution is 9.10. The molecular formula is C15H8BrCl2NO. The van der Waals surface area contributed by atoms with Crippen molar-refractivity contribution in [1.29, 1.82) is 0 Å². The van der Waals surface area contributed by atoms with Gasteiger partial charge in [-0.2, -0.15) is 0 Å². The molecule has 0 N–H and O–H groups in total. The van der Waals surface area contributed by atoms with Gasteiger partial charge in [-0.15, -0.1) is 0 Å². The molecule has 20 heavy (non-hydrogen) atoms. The molecule has 0 bridgehead atoms. The average molecular weight is 369 g/mol. The van der Waals surface area contributed by atoms with Crippen LogP contribution in [0.25, 0.3) is 22.6 Å². The van der Waals surface area contributed by atoms with Gasteiger partial charge in [-0.1, -0.05) is 56.4 Å². The lowest BCUT2D eigenvalue weighted by Crippen LogP contribution is -1.78. The van der Waals surface area contributed by atoms with Crippen LogP contribution in [0.1, 0.15) is 0 Å². The van der Waals surface area contributed by atoms with Crippen LogP contribution in [0, 0.1) is 0 Å². The average Bonchev–Trinajstić information content (AvgIpc) is 2.83. The first-order valence-corrected chi connectivity index (χ1v) is 7.37. The van der Waals surface area contributed by atoms with Crippen molar-refractivity contribution in [2.75, 3.05) is 0 Å². The Bertz CT molecular complexity index is 673. The maximum absolute atomic E-state index is 6.37. The molecule has 0 aliphatic carbocycles. The molecule has 5 heteroatoms. The van der Waals surface area contributed by atoms with E-state index in [1.54, 1.807) is 12.1 Å². The van der Waals surface area contributed by atoms with E-state index >= 15 is 0 Å². The number of benzene rings is 2. The fraction of sp³-hybridized carbons (Fsp3) is 0. The van der Waals surface area contributed by atoms with Crippen molar-refractivity contribution in [3.05, 3.63) is 63.0 Å². The first kappa shape index (κ1) is 13.7. The van der Waals surface area contributed by atoms with Crippen LogP contribution in [-0.4, -0.2) is 5.16 Å². The highest BCUT2D eigenvalue weighted by Gasteiger charge is 2.17. The first-order valence-electron chi connectivity index (χ1n) is 5.82. The third kappa shape index (κ3) is 2.62. The lowest BCUT2D eigenvalue weighted by Gasteiger charge is -1.98. The molecule has 2 aromatic carbocycles. The van der Waals surface area contributed by atoms with Gasteiger partial charge >= 0.3 is 0 Å². The van der Waals surface area contributed by atoms with Crippen molar-refractivity contribution >= 4 is 39.1 Å². The van der Waals surface area contributed by atoms with Gasteiger partial charge < -0.3 is 4.52 Å². The van der Waals surface area contributed by atoms with Crippen LogP contribution in [0.15, 0.2) is 57.5 Å². The van der Waals surface area contributed by atoms with Gasteiger partial charge in [0, 0.05) is 20.6 Å². The summed E-state index contributed by atoms with van der Waals surface area (Å²) in [6.45, 7) is 0. The Balaban J connectivity index is 2.04. The van der Waals surface area contributed by atoms with Crippen molar-refractivity contribution in [3.8, 4) is 22.6 Å². The Morgan fingerprint density at radius 3 is 2.10 bits per heavy atom. The third-order valence-electron chi connectivity index (χ3n) is 2.86. The smallest absolute Gasteiger partial charge is 0.186 e. The highest BCUT2D eigenvalue weighted by Crippen LogP contribution is 2.36. The lowest BCUT2D eigenvalue weighted by atomic mass is 10.1. The second-order valence-corrected chi connectivity index (χ2v) is 5.92. The molecule has 100 valence electrons. The Morgan fingerprint density at radius 1 is 0.850 bits per heavy atom. The summed E-state index contributed by atoms with van der Waals surface area (Å²) in [5.74, 6) is 0.543. The minimum atomic E-state index is 0.495. The van der Waals surface area contributed by atoms with Crippen LogP contribution in [0.3, 0.4) is 0 Å². The molecule has 0 fully saturated rings. The topological polar surface area (TPSA) is 26.0 Å². The van der Waals surface area contributed by atoms with E-state index in [0.29, 0.717) is 21.5 Å². The number of hydrogen-bond donors (Lipinski definition) is 0. The van der Waals surface area contributed by atoms with Gasteiger partial charge in [0.25, 0.3) is 0 Å². The molecule has 0 aliphatic heterocycles. The molecule has 0 spiro atoms. The molecule has 3 aromatic rings. The van der Waals surface area contributed by atoms with Crippen LogP contribution in [0.2, 0.25) is 10.0 Å². The maximum atomic E-state index is 6.37. The highest BCUT2D eigenvalue weighted by atomic mass is 79.9. The zero-order valence-electron chi connectivity index (χ0n) is 10.1. The van der Waals surface area contributed by atoms with Crippen LogP contribution in [0.5, 0.6) is 0 Å². The van der Waals surface area contributed by atoms with E-state index in [1.165, 1.54) is 0 Å². The summed E-state index contributed by atoms with van der Waals surface area (Å²) in [5, 5.41) is 5.22. The summed E-state index contributed by atoms with van der Waals surface area (Å²) in [6, 6.07) is 15.0. The van der Waals surface area contributed by atoms with Crippen molar-refractivity contribution in [2.24, 2.45) is 0 Å². The van der Waals surface area contributed by atoms with Crippen LogP contribution in [0.4, 0.5) is 0 Å². The van der Waals surface area contributed by atoms with Crippen molar-refractivity contribution in [1.82, 2.24) is 5.16 Å². The molecule has 1 heterocycles. The molecule has 0 saturated carbocycles. The molecule has 1 aromatic heterocycles. The predicted octanol–water partition coefficient (Wildman–Crippen LogP) is 6.08. The van der Waals surface area contributed by atoms with Gasteiger partial charge in [0.15, 0.2) is 5.76 Å². The van der Waals surface area contributed by atoms with Gasteiger partial charge in [-0.3, -0.25) is 0 Å². The van der Waals surface area contributed by atoms with E-state index in [1.807, 2.05) is 36.4 Å². The van der Waals surface area contributed by atoms with Gasteiger partial charge in [0.1, 0.15) is 10.7 Å². The summed E-state index contributed by atoms with van der Waals surface area (Å²) in [5.41, 5.74) is 2.38. The van der Waals surface area contributed by atoms with E-state index in [2.05, 4.69) is 21.1 Å². The maximum Gasteiger partial charge on any atom is 0.186 e. The van der Waals surface area contributed by atoms with Gasteiger partial charge in [-0.05, 0) is 36.4 Å². The molecular weight excluding hydrogens is 361 g/mol. The number of aromatic nitrogens is 1. The lowest BCUT2D eigenvalue weighted by molar-refractivity contribution is 0.435. The summed E-state index contributed by atoms with van der Waals surface area (Å²) in [7, 11) is 0. The molecule has 2 nitrogen and oxygen atoms in total. The standard InChI is InChI=1S/C15H8BrCl2NO/c16-11-5-1-9(2-6-11)14-13(18)15(20-19-14)10-3-7-12(17)8-4-10/h1-8H. The van der Waals surface area contributed by atoms with E-state index in [9.17, 15) is 0 Å². The molecule has 0 radical (unpaired) electrons. The van der Waals surface area contributed by atoms with Gasteiger partial charge in [0.05, 0.1) is 0 Å². The Labute approximate surface area is 134 Å². The zero-order chi connectivity index (χ0) is 14.1. The predicted molar refractivity (Wildman–Crippen MR) is 85.1 cm³/mol. The molecule has 0 amide bonds. The second kappa shape index (κ2) is 5.60. The van der Waals surface area contributed by atoms with Gasteiger partial charge in [-0.25, -0.2) is 0 Å². The normalized spacial score (nSPS) is 10.8. The van der Waals surface area contributed by atoms with Crippen LogP contribution < -0.4 is 0 Å². The Kier molecular flexibility index (Phi) is 3.83. The summed E-state index contributed by atoms with van der Waals surface area (Å²) in [6.07, 6.45) is 0. The fourth-order valence-electron chi connectivity index (χ4n) is 1.85. The molecule has 0 aliphatic rings. The van der Waals surface area contributed by atoms with Gasteiger partial charge in [0.2, 0.25) is 0 Å². The van der Waals surface area contributed by atoms with E-state index in [-0.39, 0.29) is 0 Å². The zero-order valence-corrected chi connectivity index (χ0v) is 13.2. The number of halogens is 3. The van der Waals surface area contributed by atoms with Crippen molar-refractivity contribution in [2.45, 2.75) is 0 Å². The summed E-state index contributed by atoms with van der Waals surface area (Å²) >= 11 is 15.6. The quantitative estimate of drug-likeness (QED) is 0.547. The fourth-order valence-corrected chi connectivity index (χ4v) is 2.52. The molecule has 0 saturated heterocycles. The monoisotopic (exact) mass is 367 g/mol. The molecule has 0 unspecified atom stereocenters. The van der Waals surface area contributed by atoms with Crippen molar-refractivity contribution in [3.63, 3.8) is 0 Å². The minimum Gasteiger partial charge on any atom is -0.354 e. The van der Waals surface area contributed by atoms with E-state index in [4.69, 9.17) is 27.7 Å². The minimum absolute atomic E-state index is 0.495. The number of rotatable bonds is 2. The largest absolute Gasteiger partial charge is 0.354 e. The molecule has 0 atom stereocenters. The second-order valence-electron chi connectivity index (χ2n) is 4.19. The summed E-state index contributed by atoms with van der Waals surface area (Å²) < 4.78 is 6.37. The SMILES string of the molecule is Clc1ccc(-c2onc(-c3ccc(Br)cc3)c2Cl)cc1. The Hall–Kier alpha value is -1.29.